The molecule has 32 heavy (non-hydrogen) atoms. The van der Waals surface area contributed by atoms with Gasteiger partial charge < -0.3 is 0 Å². The number of hydrogen-bond donors (Lipinski definition) is 0. The van der Waals surface area contributed by atoms with Crippen LogP contribution in [0.5, 0.6) is 0 Å². The SMILES string of the molecule is c1ccc2c(c1)ccc1cc(-c3ccc4ccc5cccnc5c4c3)c3ccccc3c12. The fourth-order valence-corrected chi connectivity index (χ4v) is 5.15. The van der Waals surface area contributed by atoms with Gasteiger partial charge in [-0.3, -0.25) is 4.98 Å². The van der Waals surface area contributed by atoms with Crippen LogP contribution in [0.3, 0.4) is 0 Å². The van der Waals surface area contributed by atoms with E-state index in [2.05, 4.69) is 103 Å². The van der Waals surface area contributed by atoms with E-state index in [-0.39, 0.29) is 0 Å². The van der Waals surface area contributed by atoms with E-state index >= 15 is 0 Å². The maximum atomic E-state index is 4.69. The predicted octanol–water partition coefficient (Wildman–Crippen LogP) is 8.51. The van der Waals surface area contributed by atoms with Gasteiger partial charge in [0.2, 0.25) is 0 Å². The molecule has 1 heterocycles. The van der Waals surface area contributed by atoms with E-state index in [0.29, 0.717) is 0 Å². The summed E-state index contributed by atoms with van der Waals surface area (Å²) in [7, 11) is 0. The summed E-state index contributed by atoms with van der Waals surface area (Å²) in [5, 5.41) is 11.4. The Morgan fingerprint density at radius 3 is 2.00 bits per heavy atom. The molecular weight excluding hydrogens is 386 g/mol. The van der Waals surface area contributed by atoms with E-state index in [1.807, 2.05) is 12.3 Å². The van der Waals surface area contributed by atoms with Crippen molar-refractivity contribution in [3.05, 3.63) is 115 Å². The van der Waals surface area contributed by atoms with Gasteiger partial charge in [-0.2, -0.15) is 0 Å². The maximum Gasteiger partial charge on any atom is 0.0780 e. The summed E-state index contributed by atoms with van der Waals surface area (Å²) in [6.07, 6.45) is 1.88. The van der Waals surface area contributed by atoms with Gasteiger partial charge in [0.15, 0.2) is 0 Å². The van der Waals surface area contributed by atoms with Gasteiger partial charge in [-0.25, -0.2) is 0 Å². The Balaban J connectivity index is 1.60. The molecule has 0 spiro atoms. The lowest BCUT2D eigenvalue weighted by atomic mass is 9.90. The molecule has 0 unspecified atom stereocenters. The summed E-state index contributed by atoms with van der Waals surface area (Å²) in [4.78, 5) is 4.69. The van der Waals surface area contributed by atoms with Gasteiger partial charge >= 0.3 is 0 Å². The van der Waals surface area contributed by atoms with Crippen molar-refractivity contribution in [3.8, 4) is 11.1 Å². The summed E-state index contributed by atoms with van der Waals surface area (Å²) in [5.74, 6) is 0. The van der Waals surface area contributed by atoms with Crippen LogP contribution in [-0.2, 0) is 0 Å². The van der Waals surface area contributed by atoms with Crippen LogP contribution < -0.4 is 0 Å². The highest BCUT2D eigenvalue weighted by Crippen LogP contribution is 2.39. The highest BCUT2D eigenvalue weighted by molar-refractivity contribution is 6.23. The van der Waals surface area contributed by atoms with Crippen molar-refractivity contribution in [2.75, 3.05) is 0 Å². The van der Waals surface area contributed by atoms with Crippen LogP contribution in [-0.4, -0.2) is 4.98 Å². The van der Waals surface area contributed by atoms with Crippen LogP contribution in [0, 0.1) is 0 Å². The molecule has 7 rings (SSSR count). The summed E-state index contributed by atoms with van der Waals surface area (Å²) in [6.45, 7) is 0. The van der Waals surface area contributed by atoms with Gasteiger partial charge in [-0.15, -0.1) is 0 Å². The van der Waals surface area contributed by atoms with E-state index in [4.69, 9.17) is 4.98 Å². The van der Waals surface area contributed by atoms with Crippen molar-refractivity contribution in [2.45, 2.75) is 0 Å². The zero-order chi connectivity index (χ0) is 21.1. The first-order chi connectivity index (χ1) is 15.9. The average molecular weight is 406 g/mol. The molecule has 0 N–H and O–H groups in total. The number of pyridine rings is 1. The van der Waals surface area contributed by atoms with Crippen LogP contribution in [0.1, 0.15) is 0 Å². The molecule has 0 bridgehead atoms. The quantitative estimate of drug-likeness (QED) is 0.249. The number of nitrogens with zero attached hydrogens (tertiary/aromatic N) is 1. The molecule has 0 amide bonds. The van der Waals surface area contributed by atoms with Crippen molar-refractivity contribution in [3.63, 3.8) is 0 Å². The van der Waals surface area contributed by atoms with Gasteiger partial charge in [0.1, 0.15) is 0 Å². The summed E-state index contributed by atoms with van der Waals surface area (Å²) in [6, 6.07) is 39.5. The molecule has 1 nitrogen and oxygen atoms in total. The lowest BCUT2D eigenvalue weighted by molar-refractivity contribution is 1.43. The Labute approximate surface area is 185 Å². The summed E-state index contributed by atoms with van der Waals surface area (Å²) < 4.78 is 0. The van der Waals surface area contributed by atoms with Gasteiger partial charge in [0.05, 0.1) is 5.52 Å². The first-order valence-electron chi connectivity index (χ1n) is 11.0. The lowest BCUT2D eigenvalue weighted by Gasteiger charge is -2.14. The van der Waals surface area contributed by atoms with Gasteiger partial charge in [-0.05, 0) is 67.0 Å². The third-order valence-corrected chi connectivity index (χ3v) is 6.65. The van der Waals surface area contributed by atoms with E-state index in [9.17, 15) is 0 Å². The van der Waals surface area contributed by atoms with Crippen molar-refractivity contribution >= 4 is 54.0 Å². The maximum absolute atomic E-state index is 4.69. The molecule has 0 radical (unpaired) electrons. The molecule has 0 saturated carbocycles. The van der Waals surface area contributed by atoms with Crippen LogP contribution in [0.15, 0.2) is 115 Å². The van der Waals surface area contributed by atoms with Crippen molar-refractivity contribution in [1.29, 1.82) is 0 Å². The van der Waals surface area contributed by atoms with Crippen LogP contribution in [0.4, 0.5) is 0 Å². The van der Waals surface area contributed by atoms with E-state index in [0.717, 1.165) is 5.52 Å². The highest BCUT2D eigenvalue weighted by atomic mass is 14.6. The molecule has 0 aliphatic rings. The number of rotatable bonds is 1. The van der Waals surface area contributed by atoms with Gasteiger partial charge in [0, 0.05) is 17.0 Å². The third-order valence-electron chi connectivity index (χ3n) is 6.65. The molecule has 0 aliphatic carbocycles. The minimum absolute atomic E-state index is 1.06. The van der Waals surface area contributed by atoms with E-state index in [1.54, 1.807) is 0 Å². The van der Waals surface area contributed by atoms with Crippen LogP contribution in [0.2, 0.25) is 0 Å². The number of aromatic nitrogens is 1. The molecule has 0 saturated heterocycles. The lowest BCUT2D eigenvalue weighted by Crippen LogP contribution is -1.87. The Morgan fingerprint density at radius 2 is 1.09 bits per heavy atom. The zero-order valence-corrected chi connectivity index (χ0v) is 17.4. The molecule has 7 aromatic rings. The monoisotopic (exact) mass is 405 g/mol. The Kier molecular flexibility index (Phi) is 3.62. The standard InChI is InChI=1S/C31H19N/c1-2-8-25-20(6-1)13-16-24-19-28(26-9-3-4-10-27(26)30(24)25)23-15-12-21-11-14-22-7-5-17-32-31(22)29(21)18-23/h1-19H. The Bertz CT molecular complexity index is 1830. The van der Waals surface area contributed by atoms with Crippen LogP contribution >= 0.6 is 0 Å². The Morgan fingerprint density at radius 1 is 0.438 bits per heavy atom. The van der Waals surface area contributed by atoms with Crippen molar-refractivity contribution < 1.29 is 0 Å². The molecule has 148 valence electrons. The number of hydrogen-bond acceptors (Lipinski definition) is 1. The summed E-state index contributed by atoms with van der Waals surface area (Å²) >= 11 is 0. The number of fused-ring (bicyclic) bond motifs is 8. The van der Waals surface area contributed by atoms with Gasteiger partial charge in [0.25, 0.3) is 0 Å². The topological polar surface area (TPSA) is 12.9 Å². The normalized spacial score (nSPS) is 11.8. The second kappa shape index (κ2) is 6.63. The minimum atomic E-state index is 1.06. The van der Waals surface area contributed by atoms with Crippen LogP contribution in [0.25, 0.3) is 65.1 Å². The highest BCUT2D eigenvalue weighted by Gasteiger charge is 2.12. The predicted molar refractivity (Wildman–Crippen MR) is 137 cm³/mol. The van der Waals surface area contributed by atoms with E-state index < -0.39 is 0 Å². The first-order valence-corrected chi connectivity index (χ1v) is 11.0. The molecule has 1 heteroatoms. The first kappa shape index (κ1) is 17.5. The van der Waals surface area contributed by atoms with Crippen molar-refractivity contribution in [1.82, 2.24) is 4.98 Å². The summed E-state index contributed by atoms with van der Waals surface area (Å²) in [5.41, 5.74) is 3.54. The van der Waals surface area contributed by atoms with Crippen molar-refractivity contribution in [2.24, 2.45) is 0 Å². The largest absolute Gasteiger partial charge is 0.256 e. The third kappa shape index (κ3) is 2.48. The second-order valence-electron chi connectivity index (χ2n) is 8.43. The minimum Gasteiger partial charge on any atom is -0.256 e. The fourth-order valence-electron chi connectivity index (χ4n) is 5.15. The molecule has 0 atom stereocenters. The zero-order valence-electron chi connectivity index (χ0n) is 17.4. The van der Waals surface area contributed by atoms with Gasteiger partial charge in [-0.1, -0.05) is 91.0 Å². The molecule has 0 fully saturated rings. The Hall–Kier alpha value is -4.23. The molecule has 6 aromatic carbocycles. The smallest absolute Gasteiger partial charge is 0.0780 e. The second-order valence-corrected chi connectivity index (χ2v) is 8.43. The van der Waals surface area contributed by atoms with E-state index in [1.165, 1.54) is 59.6 Å². The average Bonchev–Trinajstić information content (AvgIpc) is 2.87. The number of benzene rings is 6. The fraction of sp³-hybridized carbons (Fsp3) is 0. The molecule has 0 aliphatic heterocycles. The molecule has 1 aromatic heterocycles. The molecular formula is C31H19N.